The van der Waals surface area contributed by atoms with Crippen molar-refractivity contribution in [2.45, 2.75) is 25.4 Å². The summed E-state index contributed by atoms with van der Waals surface area (Å²) in [7, 11) is 1.39. The zero-order valence-electron chi connectivity index (χ0n) is 12.4. The number of imide groups is 1. The fourth-order valence-electron chi connectivity index (χ4n) is 2.97. The number of primary amides is 1. The van der Waals surface area contributed by atoms with E-state index in [4.69, 9.17) is 10.5 Å². The summed E-state index contributed by atoms with van der Waals surface area (Å²) >= 11 is 0. The van der Waals surface area contributed by atoms with E-state index in [9.17, 15) is 19.2 Å². The van der Waals surface area contributed by atoms with Crippen LogP contribution in [0.2, 0.25) is 0 Å². The van der Waals surface area contributed by atoms with Gasteiger partial charge >= 0.3 is 0 Å². The zero-order valence-corrected chi connectivity index (χ0v) is 12.4. The Morgan fingerprint density at radius 2 is 2.09 bits per heavy atom. The monoisotopic (exact) mass is 317 g/mol. The Kier molecular flexibility index (Phi) is 3.51. The highest BCUT2D eigenvalue weighted by atomic mass is 16.5. The molecule has 2 heterocycles. The number of piperidine rings is 1. The number of nitrogens with one attached hydrogen (secondary N) is 1. The van der Waals surface area contributed by atoms with Crippen LogP contribution in [0, 0.1) is 0 Å². The van der Waals surface area contributed by atoms with E-state index in [1.165, 1.54) is 24.1 Å². The smallest absolute Gasteiger partial charge is 0.258 e. The first-order valence-electron chi connectivity index (χ1n) is 7.07. The van der Waals surface area contributed by atoms with Crippen molar-refractivity contribution in [3.63, 3.8) is 0 Å². The van der Waals surface area contributed by atoms with Crippen LogP contribution in [0.4, 0.5) is 0 Å². The van der Waals surface area contributed by atoms with E-state index in [1.54, 1.807) is 0 Å². The third-order valence-corrected chi connectivity index (χ3v) is 4.09. The van der Waals surface area contributed by atoms with Gasteiger partial charge in [-0.3, -0.25) is 24.5 Å². The molecule has 3 N–H and O–H groups in total. The van der Waals surface area contributed by atoms with Crippen LogP contribution in [0.3, 0.4) is 0 Å². The number of amides is 4. The molecule has 1 aromatic carbocycles. The fraction of sp³-hybridized carbons (Fsp3) is 0.333. The lowest BCUT2D eigenvalue weighted by molar-refractivity contribution is -0.136. The van der Waals surface area contributed by atoms with Crippen molar-refractivity contribution >= 4 is 23.6 Å². The molecule has 4 amide bonds. The average molecular weight is 317 g/mol. The third kappa shape index (κ3) is 2.41. The maximum absolute atomic E-state index is 12.6. The lowest BCUT2D eigenvalue weighted by atomic mass is 10.0. The number of nitrogens with two attached hydrogens (primary N) is 1. The van der Waals surface area contributed by atoms with E-state index >= 15 is 0 Å². The molecule has 1 fully saturated rings. The maximum atomic E-state index is 12.6. The van der Waals surface area contributed by atoms with E-state index in [-0.39, 0.29) is 42.5 Å². The van der Waals surface area contributed by atoms with Crippen LogP contribution in [0.1, 0.15) is 39.1 Å². The summed E-state index contributed by atoms with van der Waals surface area (Å²) in [6.07, 6.45) is 0.454. The van der Waals surface area contributed by atoms with Crippen molar-refractivity contribution in [2.75, 3.05) is 7.11 Å². The molecule has 8 heteroatoms. The van der Waals surface area contributed by atoms with Gasteiger partial charge in [-0.2, -0.15) is 0 Å². The van der Waals surface area contributed by atoms with Crippen molar-refractivity contribution in [2.24, 2.45) is 5.73 Å². The molecule has 1 unspecified atom stereocenters. The number of nitrogens with zero attached hydrogens (tertiary/aromatic N) is 1. The van der Waals surface area contributed by atoms with Gasteiger partial charge in [0.15, 0.2) is 0 Å². The van der Waals surface area contributed by atoms with Crippen LogP contribution < -0.4 is 15.8 Å². The molecule has 0 aromatic heterocycles. The van der Waals surface area contributed by atoms with Gasteiger partial charge in [0, 0.05) is 18.5 Å². The van der Waals surface area contributed by atoms with Crippen LogP contribution in [0.15, 0.2) is 12.1 Å². The molecule has 1 aromatic rings. The van der Waals surface area contributed by atoms with Gasteiger partial charge < -0.3 is 15.4 Å². The second-order valence-electron chi connectivity index (χ2n) is 5.48. The Morgan fingerprint density at radius 3 is 2.70 bits per heavy atom. The summed E-state index contributed by atoms with van der Waals surface area (Å²) in [5.74, 6) is -1.57. The molecule has 2 aliphatic rings. The molecule has 0 spiro atoms. The number of carbonyl (C=O) groups excluding carboxylic acids is 4. The Morgan fingerprint density at radius 1 is 1.35 bits per heavy atom. The predicted molar refractivity (Wildman–Crippen MR) is 77.6 cm³/mol. The number of methoxy groups -OCH3 is 1. The average Bonchev–Trinajstić information content (AvgIpc) is 2.83. The van der Waals surface area contributed by atoms with Crippen molar-refractivity contribution in [1.29, 1.82) is 0 Å². The summed E-state index contributed by atoms with van der Waals surface area (Å²) in [6, 6.07) is 2.23. The van der Waals surface area contributed by atoms with E-state index in [0.717, 1.165) is 0 Å². The molecule has 2 aliphatic heterocycles. The summed E-state index contributed by atoms with van der Waals surface area (Å²) < 4.78 is 5.19. The molecule has 8 nitrogen and oxygen atoms in total. The van der Waals surface area contributed by atoms with Crippen molar-refractivity contribution in [3.8, 4) is 5.75 Å². The highest BCUT2D eigenvalue weighted by Crippen LogP contribution is 2.34. The van der Waals surface area contributed by atoms with Gasteiger partial charge in [-0.15, -0.1) is 0 Å². The lowest BCUT2D eigenvalue weighted by Crippen LogP contribution is -2.52. The number of carbonyl (C=O) groups is 4. The summed E-state index contributed by atoms with van der Waals surface area (Å²) in [4.78, 5) is 48.7. The van der Waals surface area contributed by atoms with Gasteiger partial charge in [-0.25, -0.2) is 0 Å². The molecule has 0 radical (unpaired) electrons. The number of rotatable bonds is 3. The largest absolute Gasteiger partial charge is 0.496 e. The summed E-state index contributed by atoms with van der Waals surface area (Å²) in [5, 5.41) is 2.23. The van der Waals surface area contributed by atoms with Crippen molar-refractivity contribution in [1.82, 2.24) is 10.2 Å². The van der Waals surface area contributed by atoms with Crippen molar-refractivity contribution in [3.05, 3.63) is 28.8 Å². The number of benzene rings is 1. The van der Waals surface area contributed by atoms with Crippen LogP contribution >= 0.6 is 0 Å². The Hall–Kier alpha value is -2.90. The Balaban J connectivity index is 1.97. The fourth-order valence-corrected chi connectivity index (χ4v) is 2.97. The quantitative estimate of drug-likeness (QED) is 0.732. The number of fused-ring (bicyclic) bond motifs is 1. The van der Waals surface area contributed by atoms with Crippen LogP contribution in [-0.4, -0.2) is 41.7 Å². The van der Waals surface area contributed by atoms with Gasteiger partial charge in [0.25, 0.3) is 5.91 Å². The number of hydrogen-bond donors (Lipinski definition) is 2. The zero-order chi connectivity index (χ0) is 16.7. The third-order valence-electron chi connectivity index (χ3n) is 4.09. The van der Waals surface area contributed by atoms with E-state index in [0.29, 0.717) is 11.1 Å². The van der Waals surface area contributed by atoms with E-state index in [1.807, 2.05) is 0 Å². The standard InChI is InChI=1S/C15H15N3O5/c1-23-10-5-7(13(16)20)4-8-6-18(15(22)12(8)10)9-2-3-11(19)17-14(9)21/h4-5,9H,2-3,6H2,1H3,(H2,16,20)(H,17,19,21). The summed E-state index contributed by atoms with van der Waals surface area (Å²) in [6.45, 7) is 0.165. The molecule has 1 atom stereocenters. The molecular weight excluding hydrogens is 302 g/mol. The van der Waals surface area contributed by atoms with Crippen molar-refractivity contribution < 1.29 is 23.9 Å². The minimum absolute atomic E-state index is 0.165. The molecule has 120 valence electrons. The van der Waals surface area contributed by atoms with Gasteiger partial charge in [0.05, 0.1) is 12.7 Å². The van der Waals surface area contributed by atoms with Crippen LogP contribution in [-0.2, 0) is 16.1 Å². The molecule has 0 bridgehead atoms. The first-order valence-corrected chi connectivity index (χ1v) is 7.07. The molecule has 0 saturated carbocycles. The Labute approximate surface area is 131 Å². The van der Waals surface area contributed by atoms with Gasteiger partial charge in [0.2, 0.25) is 17.7 Å². The predicted octanol–water partition coefficient (Wildman–Crippen LogP) is -0.445. The van der Waals surface area contributed by atoms with Crippen LogP contribution in [0.25, 0.3) is 0 Å². The normalized spacial score (nSPS) is 20.3. The summed E-state index contributed by atoms with van der Waals surface area (Å²) in [5.41, 5.74) is 6.42. The van der Waals surface area contributed by atoms with Gasteiger partial charge in [-0.1, -0.05) is 0 Å². The highest BCUT2D eigenvalue weighted by molar-refractivity contribution is 6.07. The molecule has 1 saturated heterocycles. The SMILES string of the molecule is COc1cc(C(N)=O)cc2c1C(=O)N(C1CCC(=O)NC1=O)C2. The maximum Gasteiger partial charge on any atom is 0.258 e. The number of ether oxygens (including phenoxy) is 1. The van der Waals surface area contributed by atoms with E-state index < -0.39 is 17.9 Å². The lowest BCUT2D eigenvalue weighted by Gasteiger charge is -2.29. The minimum atomic E-state index is -0.714. The molecule has 23 heavy (non-hydrogen) atoms. The number of hydrogen-bond acceptors (Lipinski definition) is 5. The Bertz CT molecular complexity index is 743. The van der Waals surface area contributed by atoms with E-state index in [2.05, 4.69) is 5.32 Å². The first kappa shape index (κ1) is 15.0. The minimum Gasteiger partial charge on any atom is -0.496 e. The molecular formula is C15H15N3O5. The van der Waals surface area contributed by atoms with Gasteiger partial charge in [-0.05, 0) is 24.1 Å². The highest BCUT2D eigenvalue weighted by Gasteiger charge is 2.40. The second-order valence-corrected chi connectivity index (χ2v) is 5.48. The van der Waals surface area contributed by atoms with Crippen LogP contribution in [0.5, 0.6) is 5.75 Å². The first-order chi connectivity index (χ1) is 10.9. The topological polar surface area (TPSA) is 119 Å². The second kappa shape index (κ2) is 5.38. The van der Waals surface area contributed by atoms with Gasteiger partial charge in [0.1, 0.15) is 11.8 Å². The molecule has 3 rings (SSSR count). The molecule has 0 aliphatic carbocycles.